The van der Waals surface area contributed by atoms with Crippen molar-refractivity contribution in [3.63, 3.8) is 0 Å². The molecular weight excluding hydrogens is 354 g/mol. The zero-order valence-electron chi connectivity index (χ0n) is 9.75. The van der Waals surface area contributed by atoms with Crippen LogP contribution in [0.4, 0.5) is 5.69 Å². The number of phenols is 1. The Morgan fingerprint density at radius 1 is 1.37 bits per heavy atom. The van der Waals surface area contributed by atoms with E-state index in [-0.39, 0.29) is 21.4 Å². The molecule has 1 aromatic carbocycles. The average Bonchev–Trinajstić information content (AvgIpc) is 2.76. The van der Waals surface area contributed by atoms with Gasteiger partial charge >= 0.3 is 0 Å². The van der Waals surface area contributed by atoms with E-state index in [1.807, 2.05) is 0 Å². The van der Waals surface area contributed by atoms with E-state index in [0.29, 0.717) is 4.47 Å². The molecule has 0 spiro atoms. The molecule has 0 radical (unpaired) electrons. The zero-order chi connectivity index (χ0) is 14.0. The van der Waals surface area contributed by atoms with Crippen molar-refractivity contribution in [3.05, 3.63) is 34.1 Å². The molecule has 0 saturated heterocycles. The maximum absolute atomic E-state index is 12.1. The van der Waals surface area contributed by atoms with Crippen LogP contribution in [0.2, 0.25) is 0 Å². The molecule has 2 rings (SSSR count). The summed E-state index contributed by atoms with van der Waals surface area (Å²) >= 11 is 4.28. The summed E-state index contributed by atoms with van der Waals surface area (Å²) in [5.41, 5.74) is 0.263. The van der Waals surface area contributed by atoms with E-state index in [1.165, 1.54) is 25.3 Å². The van der Waals surface area contributed by atoms with Crippen molar-refractivity contribution in [3.8, 4) is 11.5 Å². The highest BCUT2D eigenvalue weighted by molar-refractivity contribution is 9.10. The summed E-state index contributed by atoms with van der Waals surface area (Å²) in [6, 6.07) is 5.94. The molecule has 19 heavy (non-hydrogen) atoms. The van der Waals surface area contributed by atoms with Gasteiger partial charge in [0.25, 0.3) is 10.0 Å². The van der Waals surface area contributed by atoms with Gasteiger partial charge in [-0.25, -0.2) is 8.42 Å². The van der Waals surface area contributed by atoms with Gasteiger partial charge in [0, 0.05) is 10.5 Å². The molecule has 2 N–H and O–H groups in total. The molecule has 102 valence electrons. The van der Waals surface area contributed by atoms with Crippen molar-refractivity contribution in [2.45, 2.75) is 4.21 Å². The number of benzene rings is 1. The number of aromatic hydroxyl groups is 1. The van der Waals surface area contributed by atoms with Gasteiger partial charge in [0.2, 0.25) is 0 Å². The van der Waals surface area contributed by atoms with E-state index < -0.39 is 10.0 Å². The molecule has 0 bridgehead atoms. The van der Waals surface area contributed by atoms with Crippen LogP contribution >= 0.6 is 27.3 Å². The number of phenolic OH excluding ortho intramolecular Hbond substituents is 1. The zero-order valence-corrected chi connectivity index (χ0v) is 13.0. The number of nitrogens with one attached hydrogen (secondary N) is 1. The third-order valence-corrected chi connectivity index (χ3v) is 6.31. The normalized spacial score (nSPS) is 11.3. The van der Waals surface area contributed by atoms with Crippen LogP contribution in [0, 0.1) is 0 Å². The summed E-state index contributed by atoms with van der Waals surface area (Å²) in [5, 5.41) is 11.3. The SMILES string of the molecule is COc1ccc(NS(=O)(=O)c2sccc2Br)cc1O. The minimum Gasteiger partial charge on any atom is -0.504 e. The number of rotatable bonds is 4. The van der Waals surface area contributed by atoms with Crippen molar-refractivity contribution in [1.29, 1.82) is 0 Å². The second-order valence-electron chi connectivity index (χ2n) is 3.55. The maximum atomic E-state index is 12.1. The summed E-state index contributed by atoms with van der Waals surface area (Å²) < 4.78 is 32.2. The van der Waals surface area contributed by atoms with Crippen molar-refractivity contribution < 1.29 is 18.3 Å². The molecule has 5 nitrogen and oxygen atoms in total. The summed E-state index contributed by atoms with van der Waals surface area (Å²) in [6.07, 6.45) is 0. The highest BCUT2D eigenvalue weighted by Crippen LogP contribution is 2.32. The number of hydrogen-bond donors (Lipinski definition) is 2. The van der Waals surface area contributed by atoms with E-state index >= 15 is 0 Å². The first-order chi connectivity index (χ1) is 8.94. The Morgan fingerprint density at radius 2 is 2.11 bits per heavy atom. The van der Waals surface area contributed by atoms with Crippen LogP contribution < -0.4 is 9.46 Å². The molecule has 0 unspecified atom stereocenters. The van der Waals surface area contributed by atoms with Gasteiger partial charge in [0.15, 0.2) is 15.7 Å². The van der Waals surface area contributed by atoms with Gasteiger partial charge in [0.05, 0.1) is 12.8 Å². The first-order valence-electron chi connectivity index (χ1n) is 5.07. The molecule has 0 aliphatic rings. The largest absolute Gasteiger partial charge is 0.504 e. The number of halogens is 1. The minimum atomic E-state index is -3.67. The molecule has 1 aromatic heterocycles. The standard InChI is InChI=1S/C11H10BrNO4S2/c1-17-10-3-2-7(6-9(10)14)13-19(15,16)11-8(12)4-5-18-11/h2-6,13-14H,1H3. The fourth-order valence-electron chi connectivity index (χ4n) is 1.43. The van der Waals surface area contributed by atoms with Crippen molar-refractivity contribution in [2.24, 2.45) is 0 Å². The predicted molar refractivity (Wildman–Crippen MR) is 77.5 cm³/mol. The Hall–Kier alpha value is -1.25. The number of hydrogen-bond acceptors (Lipinski definition) is 5. The van der Waals surface area contributed by atoms with Gasteiger partial charge in [0.1, 0.15) is 0 Å². The van der Waals surface area contributed by atoms with Crippen molar-refractivity contribution in [2.75, 3.05) is 11.8 Å². The van der Waals surface area contributed by atoms with Gasteiger partial charge in [-0.05, 0) is 39.5 Å². The van der Waals surface area contributed by atoms with E-state index in [2.05, 4.69) is 20.7 Å². The number of methoxy groups -OCH3 is 1. The van der Waals surface area contributed by atoms with E-state index in [4.69, 9.17) is 4.74 Å². The molecule has 2 aromatic rings. The summed E-state index contributed by atoms with van der Waals surface area (Å²) in [6.45, 7) is 0. The number of sulfonamides is 1. The number of anilines is 1. The quantitative estimate of drug-likeness (QED) is 0.875. The van der Waals surface area contributed by atoms with E-state index in [1.54, 1.807) is 11.4 Å². The first kappa shape index (κ1) is 14.2. The van der Waals surface area contributed by atoms with Crippen LogP contribution in [0.25, 0.3) is 0 Å². The Kier molecular flexibility index (Phi) is 4.02. The lowest BCUT2D eigenvalue weighted by atomic mass is 10.3. The van der Waals surface area contributed by atoms with Crippen LogP contribution in [0.5, 0.6) is 11.5 Å². The number of ether oxygens (including phenoxy) is 1. The van der Waals surface area contributed by atoms with Gasteiger partial charge in [-0.1, -0.05) is 0 Å². The van der Waals surface area contributed by atoms with Gasteiger partial charge in [-0.15, -0.1) is 11.3 Å². The van der Waals surface area contributed by atoms with Gasteiger partial charge < -0.3 is 9.84 Å². The Bertz CT molecular complexity index is 696. The van der Waals surface area contributed by atoms with Crippen LogP contribution in [0.15, 0.2) is 38.3 Å². The fraction of sp³-hybridized carbons (Fsp3) is 0.0909. The predicted octanol–water partition coefficient (Wildman–Crippen LogP) is 3.03. The molecule has 0 fully saturated rings. The minimum absolute atomic E-state index is 0.132. The molecule has 0 saturated carbocycles. The third kappa shape index (κ3) is 3.02. The van der Waals surface area contributed by atoms with E-state index in [0.717, 1.165) is 11.3 Å². The Balaban J connectivity index is 2.31. The topological polar surface area (TPSA) is 75.6 Å². The van der Waals surface area contributed by atoms with Crippen LogP contribution in [0.1, 0.15) is 0 Å². The molecule has 0 atom stereocenters. The summed E-state index contributed by atoms with van der Waals surface area (Å²) in [5.74, 6) is 0.146. The third-order valence-electron chi connectivity index (χ3n) is 2.26. The lowest BCUT2D eigenvalue weighted by molar-refractivity contribution is 0.373. The molecule has 0 aliphatic heterocycles. The highest BCUT2D eigenvalue weighted by Gasteiger charge is 2.19. The van der Waals surface area contributed by atoms with Crippen molar-refractivity contribution in [1.82, 2.24) is 0 Å². The summed E-state index contributed by atoms with van der Waals surface area (Å²) in [4.78, 5) is 0. The average molecular weight is 364 g/mol. The lowest BCUT2D eigenvalue weighted by Crippen LogP contribution is -2.11. The van der Waals surface area contributed by atoms with Gasteiger partial charge in [-0.3, -0.25) is 4.72 Å². The molecule has 8 heteroatoms. The highest BCUT2D eigenvalue weighted by atomic mass is 79.9. The first-order valence-corrected chi connectivity index (χ1v) is 8.22. The second kappa shape index (κ2) is 5.40. The van der Waals surface area contributed by atoms with E-state index in [9.17, 15) is 13.5 Å². The molecule has 0 aliphatic carbocycles. The second-order valence-corrected chi connectivity index (χ2v) is 7.20. The van der Waals surface area contributed by atoms with Crippen LogP contribution in [0.3, 0.4) is 0 Å². The van der Waals surface area contributed by atoms with Gasteiger partial charge in [-0.2, -0.15) is 0 Å². The monoisotopic (exact) mass is 363 g/mol. The summed E-state index contributed by atoms with van der Waals surface area (Å²) in [7, 11) is -2.25. The van der Waals surface area contributed by atoms with Crippen LogP contribution in [-0.2, 0) is 10.0 Å². The fourth-order valence-corrected chi connectivity index (χ4v) is 4.81. The smallest absolute Gasteiger partial charge is 0.272 e. The van der Waals surface area contributed by atoms with Crippen LogP contribution in [-0.4, -0.2) is 20.6 Å². The Morgan fingerprint density at radius 3 is 2.63 bits per heavy atom. The maximum Gasteiger partial charge on any atom is 0.272 e. The Labute approximate surface area is 123 Å². The molecule has 0 amide bonds. The van der Waals surface area contributed by atoms with Crippen molar-refractivity contribution >= 4 is 43.0 Å². The molecule has 1 heterocycles. The lowest BCUT2D eigenvalue weighted by Gasteiger charge is -2.09. The number of thiophene rings is 1. The molecular formula is C11H10BrNO4S2.